The van der Waals surface area contributed by atoms with Crippen LogP contribution < -0.4 is 0 Å². The number of carbonyl (C=O) groups is 2. The standard InChI is InChI=1S/C22H24F3N3O2/c1-13-17-11-28(14(2)29)12-18(17)20(26-13)21(30)27-9-7-15(8-10-27)16-5-3-4-6-19(16)22(23,24)25/h3-6,13,15H,7-12H2,1-2H3. The van der Waals surface area contributed by atoms with Crippen LogP contribution in [0.1, 0.15) is 43.7 Å². The van der Waals surface area contributed by atoms with E-state index < -0.39 is 11.7 Å². The highest BCUT2D eigenvalue weighted by molar-refractivity contribution is 6.46. The average Bonchev–Trinajstić information content (AvgIpc) is 3.28. The molecule has 0 radical (unpaired) electrons. The first-order chi connectivity index (χ1) is 14.2. The maximum atomic E-state index is 13.3. The monoisotopic (exact) mass is 419 g/mol. The smallest absolute Gasteiger partial charge is 0.337 e. The van der Waals surface area contributed by atoms with E-state index in [9.17, 15) is 22.8 Å². The molecule has 1 saturated heterocycles. The molecule has 1 fully saturated rings. The van der Waals surface area contributed by atoms with Crippen molar-refractivity contribution >= 4 is 17.5 Å². The van der Waals surface area contributed by atoms with Crippen LogP contribution in [-0.2, 0) is 15.8 Å². The van der Waals surface area contributed by atoms with Crippen LogP contribution in [0.25, 0.3) is 0 Å². The largest absolute Gasteiger partial charge is 0.416 e. The first-order valence-corrected chi connectivity index (χ1v) is 10.2. The summed E-state index contributed by atoms with van der Waals surface area (Å²) in [6.45, 7) is 5.11. The fourth-order valence-electron chi connectivity index (χ4n) is 4.67. The number of benzene rings is 1. The van der Waals surface area contributed by atoms with E-state index in [4.69, 9.17) is 0 Å². The SMILES string of the molecule is CC(=O)N1CC2=C(C1)C(C)N=C2C(=O)N1CCC(c2ccccc2C(F)(F)F)CC1. The summed E-state index contributed by atoms with van der Waals surface area (Å²) in [4.78, 5) is 32.7. The molecule has 0 aromatic heterocycles. The van der Waals surface area contributed by atoms with Gasteiger partial charge in [-0.2, -0.15) is 13.2 Å². The van der Waals surface area contributed by atoms with Crippen LogP contribution >= 0.6 is 0 Å². The van der Waals surface area contributed by atoms with Gasteiger partial charge in [0.2, 0.25) is 5.91 Å². The topological polar surface area (TPSA) is 53.0 Å². The van der Waals surface area contributed by atoms with Gasteiger partial charge in [-0.05, 0) is 42.9 Å². The summed E-state index contributed by atoms with van der Waals surface area (Å²) in [6.07, 6.45) is -3.42. The third kappa shape index (κ3) is 3.63. The molecular formula is C22H24F3N3O2. The summed E-state index contributed by atoms with van der Waals surface area (Å²) >= 11 is 0. The van der Waals surface area contributed by atoms with Gasteiger partial charge in [-0.15, -0.1) is 0 Å². The second-order valence-corrected chi connectivity index (χ2v) is 8.18. The van der Waals surface area contributed by atoms with Gasteiger partial charge in [-0.25, -0.2) is 0 Å². The first kappa shape index (κ1) is 20.6. The second-order valence-electron chi connectivity index (χ2n) is 8.18. The Kier molecular flexibility index (Phi) is 5.20. The number of hydrogen-bond donors (Lipinski definition) is 0. The molecule has 0 bridgehead atoms. The van der Waals surface area contributed by atoms with Gasteiger partial charge >= 0.3 is 6.18 Å². The predicted molar refractivity (Wildman–Crippen MR) is 106 cm³/mol. The molecule has 0 saturated carbocycles. The second kappa shape index (κ2) is 7.56. The minimum atomic E-state index is -4.38. The maximum absolute atomic E-state index is 13.3. The molecule has 3 heterocycles. The molecule has 0 aliphatic carbocycles. The molecule has 30 heavy (non-hydrogen) atoms. The number of rotatable bonds is 2. The van der Waals surface area contributed by atoms with Crippen LogP contribution in [-0.4, -0.2) is 59.5 Å². The van der Waals surface area contributed by atoms with Gasteiger partial charge in [0.05, 0.1) is 11.6 Å². The van der Waals surface area contributed by atoms with E-state index in [1.165, 1.54) is 13.0 Å². The van der Waals surface area contributed by atoms with Gasteiger partial charge < -0.3 is 9.80 Å². The number of halogens is 3. The number of hydrogen-bond acceptors (Lipinski definition) is 3. The normalized spacial score (nSPS) is 22.4. The van der Waals surface area contributed by atoms with Crippen LogP contribution in [0.15, 0.2) is 40.4 Å². The van der Waals surface area contributed by atoms with Crippen molar-refractivity contribution in [1.82, 2.24) is 9.80 Å². The molecule has 3 aliphatic heterocycles. The molecule has 0 spiro atoms. The number of amides is 2. The molecular weight excluding hydrogens is 395 g/mol. The third-order valence-corrected chi connectivity index (χ3v) is 6.35. The predicted octanol–water partition coefficient (Wildman–Crippen LogP) is 3.41. The third-order valence-electron chi connectivity index (χ3n) is 6.35. The molecule has 1 aromatic rings. The van der Waals surface area contributed by atoms with Gasteiger partial charge in [0.15, 0.2) is 0 Å². The Morgan fingerprint density at radius 3 is 2.37 bits per heavy atom. The highest BCUT2D eigenvalue weighted by atomic mass is 19.4. The quantitative estimate of drug-likeness (QED) is 0.738. The van der Waals surface area contributed by atoms with E-state index in [1.807, 2.05) is 6.92 Å². The molecule has 1 aromatic carbocycles. The average molecular weight is 419 g/mol. The van der Waals surface area contributed by atoms with Gasteiger partial charge in [-0.1, -0.05) is 18.2 Å². The van der Waals surface area contributed by atoms with Crippen molar-refractivity contribution in [2.24, 2.45) is 4.99 Å². The molecule has 2 amide bonds. The van der Waals surface area contributed by atoms with E-state index >= 15 is 0 Å². The maximum Gasteiger partial charge on any atom is 0.416 e. The number of aliphatic imine (C=N–C) groups is 1. The van der Waals surface area contributed by atoms with Gasteiger partial charge in [0.25, 0.3) is 5.91 Å². The lowest BCUT2D eigenvalue weighted by Gasteiger charge is -2.33. The van der Waals surface area contributed by atoms with Crippen molar-refractivity contribution in [3.63, 3.8) is 0 Å². The van der Waals surface area contributed by atoms with E-state index in [0.717, 1.165) is 17.2 Å². The Bertz CT molecular complexity index is 943. The zero-order valence-corrected chi connectivity index (χ0v) is 17.0. The minimum absolute atomic E-state index is 0.0347. The van der Waals surface area contributed by atoms with Crippen molar-refractivity contribution in [1.29, 1.82) is 0 Å². The summed E-state index contributed by atoms with van der Waals surface area (Å²) in [5.74, 6) is -0.446. The Morgan fingerprint density at radius 2 is 1.73 bits per heavy atom. The van der Waals surface area contributed by atoms with Crippen LogP contribution in [0.2, 0.25) is 0 Å². The van der Waals surface area contributed by atoms with Crippen LogP contribution in [0.4, 0.5) is 13.2 Å². The molecule has 0 N–H and O–H groups in total. The number of alkyl halides is 3. The lowest BCUT2D eigenvalue weighted by Crippen LogP contribution is -2.43. The molecule has 1 unspecified atom stereocenters. The van der Waals surface area contributed by atoms with Crippen molar-refractivity contribution in [2.75, 3.05) is 26.2 Å². The van der Waals surface area contributed by atoms with Crippen LogP contribution in [0, 0.1) is 0 Å². The fraction of sp³-hybridized carbons (Fsp3) is 0.500. The Labute approximate surface area is 173 Å². The molecule has 1 atom stereocenters. The lowest BCUT2D eigenvalue weighted by molar-refractivity contribution is -0.138. The molecule has 8 heteroatoms. The van der Waals surface area contributed by atoms with Crippen molar-refractivity contribution in [3.8, 4) is 0 Å². The summed E-state index contributed by atoms with van der Waals surface area (Å²) < 4.78 is 40.0. The van der Waals surface area contributed by atoms with E-state index in [-0.39, 0.29) is 23.8 Å². The summed E-state index contributed by atoms with van der Waals surface area (Å²) in [6, 6.07) is 5.57. The van der Waals surface area contributed by atoms with E-state index in [1.54, 1.807) is 21.9 Å². The van der Waals surface area contributed by atoms with Crippen molar-refractivity contribution in [2.45, 2.75) is 44.8 Å². The van der Waals surface area contributed by atoms with Gasteiger partial charge in [0, 0.05) is 38.7 Å². The zero-order valence-electron chi connectivity index (χ0n) is 17.0. The molecule has 160 valence electrons. The molecule has 4 rings (SSSR count). The number of piperidine rings is 1. The highest BCUT2D eigenvalue weighted by Gasteiger charge is 2.40. The molecule has 5 nitrogen and oxygen atoms in total. The summed E-state index contributed by atoms with van der Waals surface area (Å²) in [7, 11) is 0. The Balaban J connectivity index is 1.45. The van der Waals surface area contributed by atoms with Crippen LogP contribution in [0.5, 0.6) is 0 Å². The van der Waals surface area contributed by atoms with Crippen molar-refractivity contribution in [3.05, 3.63) is 46.5 Å². The summed E-state index contributed by atoms with van der Waals surface area (Å²) in [5, 5.41) is 0. The minimum Gasteiger partial charge on any atom is -0.337 e. The van der Waals surface area contributed by atoms with Gasteiger partial charge in [0.1, 0.15) is 5.71 Å². The van der Waals surface area contributed by atoms with E-state index in [2.05, 4.69) is 4.99 Å². The Hall–Kier alpha value is -2.64. The highest BCUT2D eigenvalue weighted by Crippen LogP contribution is 2.39. The first-order valence-electron chi connectivity index (χ1n) is 10.2. The number of nitrogens with zero attached hydrogens (tertiary/aromatic N) is 3. The Morgan fingerprint density at radius 1 is 1.07 bits per heavy atom. The van der Waals surface area contributed by atoms with Crippen LogP contribution in [0.3, 0.4) is 0 Å². The van der Waals surface area contributed by atoms with Gasteiger partial charge in [-0.3, -0.25) is 14.6 Å². The summed E-state index contributed by atoms with van der Waals surface area (Å²) in [5.41, 5.74) is 1.99. The lowest BCUT2D eigenvalue weighted by atomic mass is 9.86. The fourth-order valence-corrected chi connectivity index (χ4v) is 4.67. The zero-order chi connectivity index (χ0) is 21.6. The number of carbonyl (C=O) groups excluding carboxylic acids is 2. The van der Waals surface area contributed by atoms with Crippen molar-refractivity contribution < 1.29 is 22.8 Å². The number of likely N-dealkylation sites (tertiary alicyclic amines) is 1. The van der Waals surface area contributed by atoms with E-state index in [0.29, 0.717) is 50.3 Å². The molecule has 3 aliphatic rings.